The molecule has 2 N–H and O–H groups in total. The van der Waals surface area contributed by atoms with Crippen molar-refractivity contribution < 1.29 is 14.0 Å². The molecule has 0 spiro atoms. The quantitative estimate of drug-likeness (QED) is 0.857. The summed E-state index contributed by atoms with van der Waals surface area (Å²) in [5.74, 6) is 0.0490. The zero-order chi connectivity index (χ0) is 16.8. The van der Waals surface area contributed by atoms with Crippen molar-refractivity contribution in [1.82, 2.24) is 5.32 Å². The predicted octanol–water partition coefficient (Wildman–Crippen LogP) is 3.50. The number of benzene rings is 1. The standard InChI is InChI=1S/C18H22N2O3/c1-4-12(2)17(21)20-15-7-5-6-14(10-15)11-19-18(22)16-13(3)8-9-23-16/h5-10,12H,4,11H2,1-3H3,(H,19,22)(H,20,21). The summed E-state index contributed by atoms with van der Waals surface area (Å²) in [5, 5.41) is 5.70. The van der Waals surface area contributed by atoms with Gasteiger partial charge in [0.1, 0.15) is 0 Å². The molecule has 1 aromatic carbocycles. The molecule has 2 amide bonds. The average molecular weight is 314 g/mol. The molecule has 2 rings (SSSR count). The maximum absolute atomic E-state index is 12.0. The van der Waals surface area contributed by atoms with Crippen molar-refractivity contribution in [2.45, 2.75) is 33.7 Å². The van der Waals surface area contributed by atoms with Crippen LogP contribution in [0.3, 0.4) is 0 Å². The van der Waals surface area contributed by atoms with Gasteiger partial charge in [0.2, 0.25) is 5.91 Å². The first-order valence-corrected chi connectivity index (χ1v) is 7.73. The molecular weight excluding hydrogens is 292 g/mol. The molecular formula is C18H22N2O3. The summed E-state index contributed by atoms with van der Waals surface area (Å²) in [4.78, 5) is 23.9. The van der Waals surface area contributed by atoms with E-state index in [9.17, 15) is 9.59 Å². The van der Waals surface area contributed by atoms with Gasteiger partial charge in [0.25, 0.3) is 5.91 Å². The summed E-state index contributed by atoms with van der Waals surface area (Å²) in [6.45, 7) is 6.06. The highest BCUT2D eigenvalue weighted by Crippen LogP contribution is 2.14. The lowest BCUT2D eigenvalue weighted by Crippen LogP contribution is -2.23. The number of carbonyl (C=O) groups excluding carboxylic acids is 2. The lowest BCUT2D eigenvalue weighted by atomic mass is 10.1. The van der Waals surface area contributed by atoms with Crippen LogP contribution in [0.1, 0.15) is 41.9 Å². The van der Waals surface area contributed by atoms with Crippen LogP contribution in [-0.4, -0.2) is 11.8 Å². The average Bonchev–Trinajstić information content (AvgIpc) is 2.98. The molecule has 0 aliphatic carbocycles. The number of hydrogen-bond acceptors (Lipinski definition) is 3. The fourth-order valence-corrected chi connectivity index (χ4v) is 2.08. The maximum Gasteiger partial charge on any atom is 0.287 e. The number of rotatable bonds is 6. The van der Waals surface area contributed by atoms with Crippen LogP contribution in [0.2, 0.25) is 0 Å². The van der Waals surface area contributed by atoms with Gasteiger partial charge in [-0.2, -0.15) is 0 Å². The van der Waals surface area contributed by atoms with Crippen molar-refractivity contribution in [3.63, 3.8) is 0 Å². The van der Waals surface area contributed by atoms with Crippen molar-refractivity contribution in [3.8, 4) is 0 Å². The molecule has 0 aliphatic heterocycles. The molecule has 0 bridgehead atoms. The van der Waals surface area contributed by atoms with Gasteiger partial charge in [-0.15, -0.1) is 0 Å². The van der Waals surface area contributed by atoms with E-state index in [1.165, 1.54) is 6.26 Å². The van der Waals surface area contributed by atoms with Gasteiger partial charge in [-0.25, -0.2) is 0 Å². The Labute approximate surface area is 136 Å². The minimum absolute atomic E-state index is 0.0000964. The number of hydrogen-bond donors (Lipinski definition) is 2. The zero-order valence-corrected chi connectivity index (χ0v) is 13.7. The van der Waals surface area contributed by atoms with Crippen LogP contribution < -0.4 is 10.6 Å². The summed E-state index contributed by atoms with van der Waals surface area (Å²) >= 11 is 0. The van der Waals surface area contributed by atoms with Crippen molar-refractivity contribution in [2.24, 2.45) is 5.92 Å². The maximum atomic E-state index is 12.0. The third-order valence-corrected chi connectivity index (χ3v) is 3.78. The molecule has 0 saturated heterocycles. The highest BCUT2D eigenvalue weighted by molar-refractivity contribution is 5.93. The van der Waals surface area contributed by atoms with Crippen molar-refractivity contribution in [1.29, 1.82) is 0 Å². The van der Waals surface area contributed by atoms with E-state index in [4.69, 9.17) is 4.42 Å². The molecule has 0 aliphatic rings. The number of carbonyl (C=O) groups is 2. The Hall–Kier alpha value is -2.56. The number of anilines is 1. The second-order valence-corrected chi connectivity index (χ2v) is 5.61. The molecule has 0 fully saturated rings. The van der Waals surface area contributed by atoms with E-state index < -0.39 is 0 Å². The van der Waals surface area contributed by atoms with E-state index in [-0.39, 0.29) is 17.7 Å². The van der Waals surface area contributed by atoms with E-state index in [0.29, 0.717) is 12.3 Å². The summed E-state index contributed by atoms with van der Waals surface area (Å²) in [6.07, 6.45) is 2.29. The molecule has 2 aromatic rings. The Morgan fingerprint density at radius 2 is 2.04 bits per heavy atom. The monoisotopic (exact) mass is 314 g/mol. The molecule has 0 radical (unpaired) electrons. The minimum Gasteiger partial charge on any atom is -0.459 e. The predicted molar refractivity (Wildman–Crippen MR) is 89.1 cm³/mol. The van der Waals surface area contributed by atoms with Crippen LogP contribution in [0, 0.1) is 12.8 Å². The molecule has 1 unspecified atom stereocenters. The molecule has 5 nitrogen and oxygen atoms in total. The van der Waals surface area contributed by atoms with Gasteiger partial charge in [0.05, 0.1) is 6.26 Å². The third-order valence-electron chi connectivity index (χ3n) is 3.78. The van der Waals surface area contributed by atoms with E-state index in [2.05, 4.69) is 10.6 Å². The number of furan rings is 1. The lowest BCUT2D eigenvalue weighted by Gasteiger charge is -2.11. The third kappa shape index (κ3) is 4.45. The smallest absolute Gasteiger partial charge is 0.287 e. The van der Waals surface area contributed by atoms with Crippen LogP contribution in [0.15, 0.2) is 41.0 Å². The molecule has 1 aromatic heterocycles. The summed E-state index contributed by atoms with van der Waals surface area (Å²) in [6, 6.07) is 9.19. The van der Waals surface area contributed by atoms with Crippen molar-refractivity contribution >= 4 is 17.5 Å². The summed E-state index contributed by atoms with van der Waals surface area (Å²) in [5.41, 5.74) is 2.44. The second kappa shape index (κ2) is 7.63. The molecule has 0 saturated carbocycles. The molecule has 23 heavy (non-hydrogen) atoms. The molecule has 5 heteroatoms. The fraction of sp³-hybridized carbons (Fsp3) is 0.333. The Bertz CT molecular complexity index is 691. The minimum atomic E-state index is -0.249. The summed E-state index contributed by atoms with van der Waals surface area (Å²) in [7, 11) is 0. The van der Waals surface area contributed by atoms with Gasteiger partial charge in [-0.05, 0) is 37.1 Å². The topological polar surface area (TPSA) is 71.3 Å². The van der Waals surface area contributed by atoms with Crippen LogP contribution in [-0.2, 0) is 11.3 Å². The Balaban J connectivity index is 1.96. The van der Waals surface area contributed by atoms with Crippen LogP contribution >= 0.6 is 0 Å². The Morgan fingerprint density at radius 3 is 2.70 bits per heavy atom. The van der Waals surface area contributed by atoms with Crippen LogP contribution in [0.25, 0.3) is 0 Å². The lowest BCUT2D eigenvalue weighted by molar-refractivity contribution is -0.119. The van der Waals surface area contributed by atoms with E-state index >= 15 is 0 Å². The Morgan fingerprint density at radius 1 is 1.26 bits per heavy atom. The highest BCUT2D eigenvalue weighted by Gasteiger charge is 2.13. The largest absolute Gasteiger partial charge is 0.459 e. The van der Waals surface area contributed by atoms with Gasteiger partial charge in [-0.3, -0.25) is 9.59 Å². The van der Waals surface area contributed by atoms with E-state index in [0.717, 1.165) is 23.2 Å². The first-order valence-electron chi connectivity index (χ1n) is 7.73. The van der Waals surface area contributed by atoms with Gasteiger partial charge < -0.3 is 15.1 Å². The second-order valence-electron chi connectivity index (χ2n) is 5.61. The molecule has 122 valence electrons. The van der Waals surface area contributed by atoms with Crippen molar-refractivity contribution in [2.75, 3.05) is 5.32 Å². The van der Waals surface area contributed by atoms with Crippen LogP contribution in [0.4, 0.5) is 5.69 Å². The summed E-state index contributed by atoms with van der Waals surface area (Å²) < 4.78 is 5.16. The Kier molecular flexibility index (Phi) is 5.57. The van der Waals surface area contributed by atoms with Crippen molar-refractivity contribution in [3.05, 3.63) is 53.5 Å². The van der Waals surface area contributed by atoms with E-state index in [1.54, 1.807) is 6.07 Å². The highest BCUT2D eigenvalue weighted by atomic mass is 16.3. The van der Waals surface area contributed by atoms with E-state index in [1.807, 2.05) is 45.0 Å². The van der Waals surface area contributed by atoms with Crippen LogP contribution in [0.5, 0.6) is 0 Å². The normalized spacial score (nSPS) is 11.8. The van der Waals surface area contributed by atoms with Gasteiger partial charge in [0.15, 0.2) is 5.76 Å². The zero-order valence-electron chi connectivity index (χ0n) is 13.7. The van der Waals surface area contributed by atoms with Gasteiger partial charge >= 0.3 is 0 Å². The number of nitrogens with one attached hydrogen (secondary N) is 2. The molecule has 1 atom stereocenters. The fourth-order valence-electron chi connectivity index (χ4n) is 2.08. The molecule has 1 heterocycles. The van der Waals surface area contributed by atoms with Gasteiger partial charge in [-0.1, -0.05) is 26.0 Å². The first-order chi connectivity index (χ1) is 11.0. The first kappa shape index (κ1) is 16.8. The number of aryl methyl sites for hydroxylation is 1. The number of amides is 2. The van der Waals surface area contributed by atoms with Gasteiger partial charge in [0, 0.05) is 23.7 Å². The SMILES string of the molecule is CCC(C)C(=O)Nc1cccc(CNC(=O)c2occc2C)c1.